The van der Waals surface area contributed by atoms with Crippen molar-refractivity contribution in [2.75, 3.05) is 0 Å². The van der Waals surface area contributed by atoms with E-state index in [1.165, 1.54) is 5.69 Å². The molecule has 1 rings (SSSR count). The first kappa shape index (κ1) is 11.0. The Morgan fingerprint density at radius 1 is 1.64 bits per heavy atom. The third-order valence-electron chi connectivity index (χ3n) is 2.45. The van der Waals surface area contributed by atoms with Crippen molar-refractivity contribution in [1.82, 2.24) is 9.78 Å². The number of ketones is 1. The van der Waals surface area contributed by atoms with Crippen LogP contribution in [0.5, 0.6) is 0 Å². The summed E-state index contributed by atoms with van der Waals surface area (Å²) in [6.07, 6.45) is 4.56. The maximum atomic E-state index is 10.9. The maximum Gasteiger partial charge on any atom is 0.130 e. The molecule has 78 valence electrons. The summed E-state index contributed by atoms with van der Waals surface area (Å²) in [5, 5.41) is 4.11. The van der Waals surface area contributed by atoms with Crippen molar-refractivity contribution in [3.63, 3.8) is 0 Å². The number of nitrogens with zero attached hydrogens (tertiary/aromatic N) is 2. The zero-order valence-corrected chi connectivity index (χ0v) is 9.16. The second-order valence-corrected chi connectivity index (χ2v) is 4.00. The SMILES string of the molecule is CC(=O)CC(C)CCc1ccnn1C. The summed E-state index contributed by atoms with van der Waals surface area (Å²) in [5.41, 5.74) is 1.24. The van der Waals surface area contributed by atoms with Crippen molar-refractivity contribution >= 4 is 5.78 Å². The summed E-state index contributed by atoms with van der Waals surface area (Å²) < 4.78 is 1.89. The topological polar surface area (TPSA) is 34.9 Å². The molecule has 0 bridgehead atoms. The van der Waals surface area contributed by atoms with Gasteiger partial charge in [-0.25, -0.2) is 0 Å². The van der Waals surface area contributed by atoms with Crippen molar-refractivity contribution in [2.45, 2.75) is 33.1 Å². The lowest BCUT2D eigenvalue weighted by molar-refractivity contribution is -0.117. The van der Waals surface area contributed by atoms with Crippen molar-refractivity contribution in [3.05, 3.63) is 18.0 Å². The fourth-order valence-electron chi connectivity index (χ4n) is 1.63. The summed E-state index contributed by atoms with van der Waals surface area (Å²) in [4.78, 5) is 10.9. The number of carbonyl (C=O) groups is 1. The highest BCUT2D eigenvalue weighted by atomic mass is 16.1. The molecule has 3 nitrogen and oxygen atoms in total. The Morgan fingerprint density at radius 3 is 2.86 bits per heavy atom. The fraction of sp³-hybridized carbons (Fsp3) is 0.636. The molecule has 0 amide bonds. The van der Waals surface area contributed by atoms with E-state index in [4.69, 9.17) is 0 Å². The highest BCUT2D eigenvalue weighted by Gasteiger charge is 2.06. The molecule has 0 aliphatic heterocycles. The lowest BCUT2D eigenvalue weighted by atomic mass is 9.99. The van der Waals surface area contributed by atoms with Crippen LogP contribution < -0.4 is 0 Å². The Hall–Kier alpha value is -1.12. The monoisotopic (exact) mass is 194 g/mol. The number of aryl methyl sites for hydroxylation is 2. The van der Waals surface area contributed by atoms with Crippen LogP contribution in [0.15, 0.2) is 12.3 Å². The van der Waals surface area contributed by atoms with Gasteiger partial charge < -0.3 is 4.79 Å². The second-order valence-electron chi connectivity index (χ2n) is 4.00. The van der Waals surface area contributed by atoms with Crippen molar-refractivity contribution in [2.24, 2.45) is 13.0 Å². The maximum absolute atomic E-state index is 10.9. The van der Waals surface area contributed by atoms with Crippen LogP contribution in [0.1, 0.15) is 32.4 Å². The van der Waals surface area contributed by atoms with Crippen LogP contribution in [0, 0.1) is 5.92 Å². The Labute approximate surface area is 85.1 Å². The molecular weight excluding hydrogens is 176 g/mol. The minimum atomic E-state index is 0.280. The zero-order chi connectivity index (χ0) is 10.6. The summed E-state index contributed by atoms with van der Waals surface area (Å²) in [7, 11) is 1.95. The Balaban J connectivity index is 2.34. The highest BCUT2D eigenvalue weighted by molar-refractivity contribution is 5.75. The molecule has 14 heavy (non-hydrogen) atoms. The molecule has 0 spiro atoms. The third-order valence-corrected chi connectivity index (χ3v) is 2.45. The quantitative estimate of drug-likeness (QED) is 0.718. The Kier molecular flexibility index (Phi) is 3.86. The first-order valence-corrected chi connectivity index (χ1v) is 5.06. The Morgan fingerprint density at radius 2 is 2.36 bits per heavy atom. The predicted molar refractivity (Wildman–Crippen MR) is 56.0 cm³/mol. The smallest absolute Gasteiger partial charge is 0.130 e. The van der Waals surface area contributed by atoms with E-state index in [2.05, 4.69) is 12.0 Å². The normalized spacial score (nSPS) is 12.8. The predicted octanol–water partition coefficient (Wildman–Crippen LogP) is 1.97. The minimum absolute atomic E-state index is 0.280. The number of hydrogen-bond donors (Lipinski definition) is 0. The van der Waals surface area contributed by atoms with Gasteiger partial charge >= 0.3 is 0 Å². The lowest BCUT2D eigenvalue weighted by Gasteiger charge is -2.08. The number of Topliss-reactive ketones (excluding diaryl/α,β-unsaturated/α-hetero) is 1. The average Bonchev–Trinajstić information content (AvgIpc) is 2.46. The molecule has 0 saturated carbocycles. The van der Waals surface area contributed by atoms with Gasteiger partial charge in [0.1, 0.15) is 5.78 Å². The highest BCUT2D eigenvalue weighted by Crippen LogP contribution is 2.12. The van der Waals surface area contributed by atoms with Crippen LogP contribution in [0.25, 0.3) is 0 Å². The van der Waals surface area contributed by atoms with Crippen LogP contribution in [0.3, 0.4) is 0 Å². The molecule has 3 heteroatoms. The molecule has 0 radical (unpaired) electrons. The van der Waals surface area contributed by atoms with E-state index in [1.54, 1.807) is 6.92 Å². The zero-order valence-electron chi connectivity index (χ0n) is 9.16. The van der Waals surface area contributed by atoms with Gasteiger partial charge in [0.05, 0.1) is 0 Å². The molecule has 1 heterocycles. The van der Waals surface area contributed by atoms with Gasteiger partial charge in [0.15, 0.2) is 0 Å². The number of rotatable bonds is 5. The van der Waals surface area contributed by atoms with Crippen LogP contribution in [0.2, 0.25) is 0 Å². The molecule has 1 atom stereocenters. The Bertz CT molecular complexity index is 304. The standard InChI is InChI=1S/C11H18N2O/c1-9(8-10(2)14)4-5-11-6-7-12-13(11)3/h6-7,9H,4-5,8H2,1-3H3. The van der Waals surface area contributed by atoms with Gasteiger partial charge in [-0.3, -0.25) is 4.68 Å². The van der Waals surface area contributed by atoms with E-state index in [0.29, 0.717) is 12.3 Å². The summed E-state index contributed by atoms with van der Waals surface area (Å²) in [6.45, 7) is 3.78. The number of aromatic nitrogens is 2. The molecular formula is C11H18N2O. The van der Waals surface area contributed by atoms with Crippen molar-refractivity contribution in [3.8, 4) is 0 Å². The first-order valence-electron chi connectivity index (χ1n) is 5.06. The van der Waals surface area contributed by atoms with Crippen molar-refractivity contribution in [1.29, 1.82) is 0 Å². The molecule has 1 unspecified atom stereocenters. The third kappa shape index (κ3) is 3.32. The van der Waals surface area contributed by atoms with E-state index in [0.717, 1.165) is 12.8 Å². The average molecular weight is 194 g/mol. The van der Waals surface area contributed by atoms with Gasteiger partial charge in [-0.05, 0) is 31.7 Å². The molecule has 0 aliphatic carbocycles. The van der Waals surface area contributed by atoms with E-state index in [-0.39, 0.29) is 5.78 Å². The van der Waals surface area contributed by atoms with Gasteiger partial charge in [-0.2, -0.15) is 5.10 Å². The summed E-state index contributed by atoms with van der Waals surface area (Å²) in [5.74, 6) is 0.755. The second kappa shape index (κ2) is 4.94. The number of carbonyl (C=O) groups excluding carboxylic acids is 1. The van der Waals surface area contributed by atoms with Crippen LogP contribution in [0.4, 0.5) is 0 Å². The van der Waals surface area contributed by atoms with E-state index in [9.17, 15) is 4.79 Å². The van der Waals surface area contributed by atoms with E-state index < -0.39 is 0 Å². The fourth-order valence-corrected chi connectivity index (χ4v) is 1.63. The molecule has 0 aliphatic rings. The van der Waals surface area contributed by atoms with Crippen LogP contribution in [-0.2, 0) is 18.3 Å². The van der Waals surface area contributed by atoms with E-state index in [1.807, 2.05) is 24.0 Å². The lowest BCUT2D eigenvalue weighted by Crippen LogP contribution is -2.05. The summed E-state index contributed by atoms with van der Waals surface area (Å²) >= 11 is 0. The molecule has 0 N–H and O–H groups in total. The van der Waals surface area contributed by atoms with E-state index >= 15 is 0 Å². The summed E-state index contributed by atoms with van der Waals surface area (Å²) in [6, 6.07) is 2.03. The molecule has 1 aromatic rings. The van der Waals surface area contributed by atoms with Crippen molar-refractivity contribution < 1.29 is 4.79 Å². The minimum Gasteiger partial charge on any atom is -0.300 e. The van der Waals surface area contributed by atoms with Gasteiger partial charge in [-0.15, -0.1) is 0 Å². The molecule has 0 saturated heterocycles. The van der Waals surface area contributed by atoms with Gasteiger partial charge in [0.25, 0.3) is 0 Å². The largest absolute Gasteiger partial charge is 0.300 e. The molecule has 0 aromatic carbocycles. The van der Waals surface area contributed by atoms with Crippen LogP contribution >= 0.6 is 0 Å². The van der Waals surface area contributed by atoms with Gasteiger partial charge in [0.2, 0.25) is 0 Å². The van der Waals surface area contributed by atoms with Gasteiger partial charge in [0, 0.05) is 25.4 Å². The van der Waals surface area contributed by atoms with Crippen LogP contribution in [-0.4, -0.2) is 15.6 Å². The van der Waals surface area contributed by atoms with Gasteiger partial charge in [-0.1, -0.05) is 6.92 Å². The number of hydrogen-bond acceptors (Lipinski definition) is 2. The molecule has 0 fully saturated rings. The molecule has 1 aromatic heterocycles. The first-order chi connectivity index (χ1) is 6.59.